The molecule has 0 radical (unpaired) electrons. The third-order valence-electron chi connectivity index (χ3n) is 3.53. The molecule has 4 nitrogen and oxygen atoms in total. The van der Waals surface area contributed by atoms with Gasteiger partial charge in [0.1, 0.15) is 0 Å². The maximum atomic E-state index is 5.77. The van der Waals surface area contributed by atoms with E-state index in [-0.39, 0.29) is 0 Å². The third kappa shape index (κ3) is 4.47. The molecule has 2 atom stereocenters. The van der Waals surface area contributed by atoms with Crippen molar-refractivity contribution in [1.82, 2.24) is 5.32 Å². The number of benzene rings is 1. The van der Waals surface area contributed by atoms with Crippen molar-refractivity contribution < 1.29 is 9.47 Å². The van der Waals surface area contributed by atoms with Crippen molar-refractivity contribution in [3.05, 3.63) is 29.8 Å². The van der Waals surface area contributed by atoms with E-state index in [9.17, 15) is 0 Å². The standard InChI is InChI=1S/C16H26N2O2/c1-13-11-18(12-14(2)20-13)16-6-4-15(5-7-16)10-17-8-9-19-3/h4-7,13-14,17H,8-12H2,1-3H3. The Balaban J connectivity index is 1.87. The van der Waals surface area contributed by atoms with Crippen molar-refractivity contribution >= 4 is 5.69 Å². The molecule has 1 N–H and O–H groups in total. The van der Waals surface area contributed by atoms with Gasteiger partial charge in [-0.3, -0.25) is 0 Å². The average Bonchev–Trinajstić information content (AvgIpc) is 2.43. The molecule has 1 aromatic carbocycles. The molecule has 0 spiro atoms. The molecule has 20 heavy (non-hydrogen) atoms. The first kappa shape index (κ1) is 15.3. The lowest BCUT2D eigenvalue weighted by Crippen LogP contribution is -2.45. The quantitative estimate of drug-likeness (QED) is 0.807. The van der Waals surface area contributed by atoms with Crippen LogP contribution in [-0.2, 0) is 16.0 Å². The Bertz CT molecular complexity index is 384. The Morgan fingerprint density at radius 2 is 1.85 bits per heavy atom. The SMILES string of the molecule is COCCNCc1ccc(N2CC(C)OC(C)C2)cc1. The van der Waals surface area contributed by atoms with Crippen molar-refractivity contribution in [1.29, 1.82) is 0 Å². The summed E-state index contributed by atoms with van der Waals surface area (Å²) < 4.78 is 10.8. The predicted octanol–water partition coefficient (Wildman–Crippen LogP) is 2.04. The largest absolute Gasteiger partial charge is 0.383 e. The van der Waals surface area contributed by atoms with E-state index in [2.05, 4.69) is 48.3 Å². The highest BCUT2D eigenvalue weighted by Gasteiger charge is 2.22. The van der Waals surface area contributed by atoms with Crippen LogP contribution in [0.2, 0.25) is 0 Å². The third-order valence-corrected chi connectivity index (χ3v) is 3.53. The molecule has 2 rings (SSSR count). The minimum Gasteiger partial charge on any atom is -0.383 e. The summed E-state index contributed by atoms with van der Waals surface area (Å²) in [6.07, 6.45) is 0.600. The van der Waals surface area contributed by atoms with Crippen LogP contribution in [0.4, 0.5) is 5.69 Å². The van der Waals surface area contributed by atoms with E-state index in [1.54, 1.807) is 7.11 Å². The number of morpholine rings is 1. The van der Waals surface area contributed by atoms with Gasteiger partial charge in [-0.2, -0.15) is 0 Å². The van der Waals surface area contributed by atoms with E-state index >= 15 is 0 Å². The number of anilines is 1. The predicted molar refractivity (Wildman–Crippen MR) is 82.2 cm³/mol. The Hall–Kier alpha value is -1.10. The van der Waals surface area contributed by atoms with Crippen LogP contribution in [0.15, 0.2) is 24.3 Å². The lowest BCUT2D eigenvalue weighted by Gasteiger charge is -2.36. The molecule has 4 heteroatoms. The zero-order valence-electron chi connectivity index (χ0n) is 12.8. The topological polar surface area (TPSA) is 33.7 Å². The van der Waals surface area contributed by atoms with Crippen LogP contribution in [0, 0.1) is 0 Å². The molecule has 0 saturated carbocycles. The van der Waals surface area contributed by atoms with Gasteiger partial charge in [0.15, 0.2) is 0 Å². The zero-order chi connectivity index (χ0) is 14.4. The molecule has 112 valence electrons. The van der Waals surface area contributed by atoms with Gasteiger partial charge in [0.2, 0.25) is 0 Å². The highest BCUT2D eigenvalue weighted by atomic mass is 16.5. The summed E-state index contributed by atoms with van der Waals surface area (Å²) in [6, 6.07) is 8.80. The molecule has 1 fully saturated rings. The minimum absolute atomic E-state index is 0.300. The van der Waals surface area contributed by atoms with E-state index in [1.165, 1.54) is 11.3 Å². The first-order valence-electron chi connectivity index (χ1n) is 7.38. The van der Waals surface area contributed by atoms with Gasteiger partial charge in [0.25, 0.3) is 0 Å². The van der Waals surface area contributed by atoms with Gasteiger partial charge < -0.3 is 19.7 Å². The summed E-state index contributed by atoms with van der Waals surface area (Å²) in [4.78, 5) is 2.40. The van der Waals surface area contributed by atoms with E-state index in [0.29, 0.717) is 12.2 Å². The van der Waals surface area contributed by atoms with Crippen LogP contribution in [0.5, 0.6) is 0 Å². The molecule has 1 aromatic rings. The van der Waals surface area contributed by atoms with Gasteiger partial charge in [0, 0.05) is 39.0 Å². The van der Waals surface area contributed by atoms with Crippen molar-refractivity contribution in [3.63, 3.8) is 0 Å². The van der Waals surface area contributed by atoms with Gasteiger partial charge in [-0.25, -0.2) is 0 Å². The second kappa shape index (κ2) is 7.62. The zero-order valence-corrected chi connectivity index (χ0v) is 12.8. The van der Waals surface area contributed by atoms with Gasteiger partial charge in [-0.1, -0.05) is 12.1 Å². The molecule has 1 heterocycles. The molecule has 0 aromatic heterocycles. The van der Waals surface area contributed by atoms with E-state index < -0.39 is 0 Å². The fraction of sp³-hybridized carbons (Fsp3) is 0.625. The van der Waals surface area contributed by atoms with Crippen LogP contribution in [0.1, 0.15) is 19.4 Å². The van der Waals surface area contributed by atoms with Crippen molar-refractivity contribution in [2.45, 2.75) is 32.6 Å². The maximum Gasteiger partial charge on any atom is 0.0726 e. The normalized spacial score (nSPS) is 23.1. The summed E-state index contributed by atoms with van der Waals surface area (Å²) in [5.74, 6) is 0. The Labute approximate surface area is 122 Å². The highest BCUT2D eigenvalue weighted by Crippen LogP contribution is 2.20. The van der Waals surface area contributed by atoms with Crippen molar-refractivity contribution in [2.75, 3.05) is 38.3 Å². The van der Waals surface area contributed by atoms with Crippen molar-refractivity contribution in [2.24, 2.45) is 0 Å². The van der Waals surface area contributed by atoms with Crippen LogP contribution in [0.25, 0.3) is 0 Å². The lowest BCUT2D eigenvalue weighted by molar-refractivity contribution is -0.00521. The second-order valence-corrected chi connectivity index (χ2v) is 5.50. The number of nitrogens with zero attached hydrogens (tertiary/aromatic N) is 1. The van der Waals surface area contributed by atoms with Crippen LogP contribution < -0.4 is 10.2 Å². The van der Waals surface area contributed by atoms with Crippen LogP contribution >= 0.6 is 0 Å². The van der Waals surface area contributed by atoms with Crippen LogP contribution in [0.3, 0.4) is 0 Å². The summed E-state index contributed by atoms with van der Waals surface area (Å²) in [5.41, 5.74) is 2.59. The van der Waals surface area contributed by atoms with Gasteiger partial charge >= 0.3 is 0 Å². The molecule has 1 aliphatic rings. The molecule has 0 aliphatic carbocycles. The highest BCUT2D eigenvalue weighted by molar-refractivity contribution is 5.48. The molecule has 0 amide bonds. The monoisotopic (exact) mass is 278 g/mol. The fourth-order valence-corrected chi connectivity index (χ4v) is 2.62. The van der Waals surface area contributed by atoms with Crippen LogP contribution in [-0.4, -0.2) is 45.6 Å². The lowest BCUT2D eigenvalue weighted by atomic mass is 10.1. The van der Waals surface area contributed by atoms with Crippen molar-refractivity contribution in [3.8, 4) is 0 Å². The number of methoxy groups -OCH3 is 1. The van der Waals surface area contributed by atoms with E-state index in [0.717, 1.165) is 32.8 Å². The van der Waals surface area contributed by atoms with E-state index in [1.807, 2.05) is 0 Å². The number of hydrogen-bond donors (Lipinski definition) is 1. The summed E-state index contributed by atoms with van der Waals surface area (Å²) >= 11 is 0. The summed E-state index contributed by atoms with van der Waals surface area (Å²) in [6.45, 7) is 8.73. The maximum absolute atomic E-state index is 5.77. The molecule has 1 saturated heterocycles. The van der Waals surface area contributed by atoms with Gasteiger partial charge in [0.05, 0.1) is 18.8 Å². The molecule has 1 aliphatic heterocycles. The number of hydrogen-bond acceptors (Lipinski definition) is 4. The summed E-state index contributed by atoms with van der Waals surface area (Å²) in [7, 11) is 1.72. The van der Waals surface area contributed by atoms with Gasteiger partial charge in [-0.05, 0) is 31.5 Å². The number of nitrogens with one attached hydrogen (secondary N) is 1. The summed E-state index contributed by atoms with van der Waals surface area (Å²) in [5, 5.41) is 3.36. The minimum atomic E-state index is 0.300. The smallest absolute Gasteiger partial charge is 0.0726 e. The number of rotatable bonds is 6. The Morgan fingerprint density at radius 1 is 1.20 bits per heavy atom. The molecular formula is C16H26N2O2. The first-order valence-corrected chi connectivity index (χ1v) is 7.38. The number of ether oxygens (including phenoxy) is 2. The molecule has 0 bridgehead atoms. The van der Waals surface area contributed by atoms with Gasteiger partial charge in [-0.15, -0.1) is 0 Å². The Kier molecular flexibility index (Phi) is 5.83. The van der Waals surface area contributed by atoms with E-state index in [4.69, 9.17) is 9.47 Å². The first-order chi connectivity index (χ1) is 9.69. The fourth-order valence-electron chi connectivity index (χ4n) is 2.62. The Morgan fingerprint density at radius 3 is 2.45 bits per heavy atom. The second-order valence-electron chi connectivity index (χ2n) is 5.50. The molecular weight excluding hydrogens is 252 g/mol. The average molecular weight is 278 g/mol. The molecule has 2 unspecified atom stereocenters.